The molecule has 3 rings (SSSR count). The molecule has 110 valence electrons. The minimum atomic E-state index is -0.388. The lowest BCUT2D eigenvalue weighted by Gasteiger charge is -2.34. The van der Waals surface area contributed by atoms with Crippen molar-refractivity contribution < 1.29 is 9.59 Å². The molecule has 0 aliphatic carbocycles. The lowest BCUT2D eigenvalue weighted by molar-refractivity contribution is -0.146. The fourth-order valence-corrected chi connectivity index (χ4v) is 2.69. The minimum Gasteiger partial charge on any atom is -0.345 e. The molecule has 1 atom stereocenters. The van der Waals surface area contributed by atoms with E-state index in [4.69, 9.17) is 0 Å². The van der Waals surface area contributed by atoms with Gasteiger partial charge in [-0.2, -0.15) is 0 Å². The highest BCUT2D eigenvalue weighted by Gasteiger charge is 2.33. The predicted molar refractivity (Wildman–Crippen MR) is 77.4 cm³/mol. The van der Waals surface area contributed by atoms with E-state index in [-0.39, 0.29) is 24.4 Å². The fourth-order valence-electron chi connectivity index (χ4n) is 2.69. The highest BCUT2D eigenvalue weighted by Crippen LogP contribution is 2.16. The number of hydrogen-bond acceptors (Lipinski definition) is 3. The molecule has 2 aromatic heterocycles. The molecular weight excluding hydrogens is 268 g/mol. The summed E-state index contributed by atoms with van der Waals surface area (Å²) in [5, 5.41) is 2.65. The number of aromatic nitrogens is 2. The van der Waals surface area contributed by atoms with E-state index in [9.17, 15) is 9.59 Å². The summed E-state index contributed by atoms with van der Waals surface area (Å²) in [6.45, 7) is 2.46. The van der Waals surface area contributed by atoms with Crippen LogP contribution in [0.1, 0.15) is 25.5 Å². The Labute approximate surface area is 122 Å². The molecule has 0 radical (unpaired) electrons. The Morgan fingerprint density at radius 1 is 1.38 bits per heavy atom. The first-order valence-electron chi connectivity index (χ1n) is 7.19. The number of amides is 2. The van der Waals surface area contributed by atoms with Crippen LogP contribution in [0.2, 0.25) is 0 Å². The van der Waals surface area contributed by atoms with Crippen molar-refractivity contribution in [2.45, 2.75) is 32.4 Å². The number of fused-ring (bicyclic) bond motifs is 1. The predicted octanol–water partition coefficient (Wildman–Crippen LogP) is 0.961. The number of nitrogens with zero attached hydrogens (tertiary/aromatic N) is 3. The summed E-state index contributed by atoms with van der Waals surface area (Å²) in [5.74, 6) is -0.120. The van der Waals surface area contributed by atoms with E-state index < -0.39 is 0 Å². The van der Waals surface area contributed by atoms with Crippen LogP contribution in [0.15, 0.2) is 30.6 Å². The first kappa shape index (κ1) is 13.6. The van der Waals surface area contributed by atoms with E-state index in [0.717, 1.165) is 17.8 Å². The van der Waals surface area contributed by atoms with Crippen molar-refractivity contribution in [2.24, 2.45) is 0 Å². The van der Waals surface area contributed by atoms with Gasteiger partial charge in [-0.1, -0.05) is 19.4 Å². The maximum atomic E-state index is 12.1. The summed E-state index contributed by atoms with van der Waals surface area (Å²) < 4.78 is 1.92. The van der Waals surface area contributed by atoms with E-state index in [0.29, 0.717) is 13.0 Å². The Kier molecular flexibility index (Phi) is 3.60. The number of carbonyl (C=O) groups is 2. The quantitative estimate of drug-likeness (QED) is 0.910. The van der Waals surface area contributed by atoms with Gasteiger partial charge in [0.05, 0.1) is 18.8 Å². The normalized spacial score (nSPS) is 19.1. The summed E-state index contributed by atoms with van der Waals surface area (Å²) in [6.07, 6.45) is 5.34. The number of rotatable bonds is 4. The molecule has 0 bridgehead atoms. The molecule has 6 nitrogen and oxygen atoms in total. The van der Waals surface area contributed by atoms with Gasteiger partial charge < -0.3 is 14.6 Å². The van der Waals surface area contributed by atoms with E-state index in [1.807, 2.05) is 41.9 Å². The van der Waals surface area contributed by atoms with Gasteiger partial charge in [0.15, 0.2) is 0 Å². The monoisotopic (exact) mass is 286 g/mol. The Hall–Kier alpha value is -2.37. The zero-order chi connectivity index (χ0) is 14.8. The molecule has 2 amide bonds. The van der Waals surface area contributed by atoms with Crippen LogP contribution in [0, 0.1) is 0 Å². The van der Waals surface area contributed by atoms with Crippen LogP contribution in [0.25, 0.3) is 5.65 Å². The van der Waals surface area contributed by atoms with Gasteiger partial charge in [0.1, 0.15) is 11.7 Å². The third-order valence-electron chi connectivity index (χ3n) is 3.72. The Morgan fingerprint density at radius 2 is 2.24 bits per heavy atom. The second kappa shape index (κ2) is 5.55. The Balaban J connectivity index is 1.86. The Bertz CT molecular complexity index is 646. The van der Waals surface area contributed by atoms with E-state index in [1.54, 1.807) is 4.90 Å². The van der Waals surface area contributed by atoms with Crippen molar-refractivity contribution in [1.82, 2.24) is 19.6 Å². The molecule has 1 fully saturated rings. The molecule has 0 saturated carbocycles. The second-order valence-corrected chi connectivity index (χ2v) is 5.24. The molecule has 1 saturated heterocycles. The summed E-state index contributed by atoms with van der Waals surface area (Å²) >= 11 is 0. The minimum absolute atomic E-state index is 0.0508. The molecule has 21 heavy (non-hydrogen) atoms. The summed E-state index contributed by atoms with van der Waals surface area (Å²) in [5.41, 5.74) is 1.64. The first-order chi connectivity index (χ1) is 10.2. The molecule has 2 aromatic rings. The van der Waals surface area contributed by atoms with Gasteiger partial charge >= 0.3 is 0 Å². The average molecular weight is 286 g/mol. The van der Waals surface area contributed by atoms with Gasteiger partial charge in [0.2, 0.25) is 11.8 Å². The molecule has 0 aromatic carbocycles. The first-order valence-corrected chi connectivity index (χ1v) is 7.19. The van der Waals surface area contributed by atoms with Crippen LogP contribution in [0.3, 0.4) is 0 Å². The number of piperazine rings is 1. The molecule has 0 spiro atoms. The highest BCUT2D eigenvalue weighted by molar-refractivity contribution is 5.94. The summed E-state index contributed by atoms with van der Waals surface area (Å²) in [7, 11) is 0. The number of carbonyl (C=O) groups excluding carboxylic acids is 2. The van der Waals surface area contributed by atoms with Crippen molar-refractivity contribution in [2.75, 3.05) is 6.54 Å². The van der Waals surface area contributed by atoms with Gasteiger partial charge in [-0.3, -0.25) is 9.59 Å². The highest BCUT2D eigenvalue weighted by atomic mass is 16.2. The average Bonchev–Trinajstić information content (AvgIpc) is 2.89. The van der Waals surface area contributed by atoms with Crippen LogP contribution >= 0.6 is 0 Å². The molecule has 1 aliphatic heterocycles. The molecule has 3 heterocycles. The number of pyridine rings is 1. The smallest absolute Gasteiger partial charge is 0.243 e. The van der Waals surface area contributed by atoms with Crippen LogP contribution in [0.5, 0.6) is 0 Å². The maximum absolute atomic E-state index is 12.1. The second-order valence-electron chi connectivity index (χ2n) is 5.24. The Morgan fingerprint density at radius 3 is 3.00 bits per heavy atom. The van der Waals surface area contributed by atoms with Gasteiger partial charge in [-0.15, -0.1) is 0 Å². The third-order valence-corrected chi connectivity index (χ3v) is 3.72. The molecular formula is C15H18N4O2. The number of imidazole rings is 1. The third kappa shape index (κ3) is 2.61. The van der Waals surface area contributed by atoms with Crippen LogP contribution < -0.4 is 5.32 Å². The lowest BCUT2D eigenvalue weighted by Crippen LogP contribution is -2.57. The number of hydrogen-bond donors (Lipinski definition) is 1. The maximum Gasteiger partial charge on any atom is 0.243 e. The summed E-state index contributed by atoms with van der Waals surface area (Å²) in [6, 6.07) is 5.38. The zero-order valence-corrected chi connectivity index (χ0v) is 12.0. The van der Waals surface area contributed by atoms with Crippen LogP contribution in [-0.4, -0.2) is 38.7 Å². The molecule has 6 heteroatoms. The van der Waals surface area contributed by atoms with E-state index in [2.05, 4.69) is 10.3 Å². The van der Waals surface area contributed by atoms with Crippen LogP contribution in [0.4, 0.5) is 0 Å². The van der Waals surface area contributed by atoms with Gasteiger partial charge in [0.25, 0.3) is 0 Å². The van der Waals surface area contributed by atoms with Crippen molar-refractivity contribution in [1.29, 1.82) is 0 Å². The van der Waals surface area contributed by atoms with Crippen molar-refractivity contribution >= 4 is 17.5 Å². The standard InChI is InChI=1S/C15H18N4O2/c1-2-5-12-15(21)16-8-14(20)19(12)10-11-9-18-7-4-3-6-13(18)17-11/h3-4,6-7,9,12H,2,5,8,10H2,1H3,(H,16,21). The van der Waals surface area contributed by atoms with Crippen molar-refractivity contribution in [3.63, 3.8) is 0 Å². The number of nitrogens with one attached hydrogen (secondary N) is 1. The largest absolute Gasteiger partial charge is 0.345 e. The van der Waals surface area contributed by atoms with E-state index >= 15 is 0 Å². The van der Waals surface area contributed by atoms with Gasteiger partial charge in [-0.25, -0.2) is 4.98 Å². The molecule has 1 N–H and O–H groups in total. The van der Waals surface area contributed by atoms with Crippen molar-refractivity contribution in [3.05, 3.63) is 36.3 Å². The van der Waals surface area contributed by atoms with Crippen molar-refractivity contribution in [3.8, 4) is 0 Å². The van der Waals surface area contributed by atoms with Crippen LogP contribution in [-0.2, 0) is 16.1 Å². The molecule has 1 unspecified atom stereocenters. The zero-order valence-electron chi connectivity index (χ0n) is 12.0. The van der Waals surface area contributed by atoms with E-state index in [1.165, 1.54) is 0 Å². The molecule has 1 aliphatic rings. The fraction of sp³-hybridized carbons (Fsp3) is 0.400. The van der Waals surface area contributed by atoms with Gasteiger partial charge in [-0.05, 0) is 18.6 Å². The van der Waals surface area contributed by atoms with Gasteiger partial charge in [0, 0.05) is 12.4 Å². The lowest BCUT2D eigenvalue weighted by atomic mass is 10.1. The topological polar surface area (TPSA) is 66.7 Å². The summed E-state index contributed by atoms with van der Waals surface area (Å²) in [4.78, 5) is 30.2. The SMILES string of the molecule is CCCC1C(=O)NCC(=O)N1Cc1cn2ccccc2n1.